The number of hydrogen-bond acceptors (Lipinski definition) is 6. The fraction of sp³-hybridized carbons (Fsp3) is 0.200. The summed E-state index contributed by atoms with van der Waals surface area (Å²) in [5.74, 6) is 0.0924. The lowest BCUT2D eigenvalue weighted by Crippen LogP contribution is -1.91. The highest BCUT2D eigenvalue weighted by atomic mass is 32.2. The number of carboxylic acids is 1. The van der Waals surface area contributed by atoms with Crippen LogP contribution in [0.25, 0.3) is 0 Å². The molecule has 0 aromatic carbocycles. The first-order valence-corrected chi connectivity index (χ1v) is 6.54. The van der Waals surface area contributed by atoms with Crippen LogP contribution in [0, 0.1) is 6.92 Å². The molecular formula is C10H10N2O3S2. The average Bonchev–Trinajstić information content (AvgIpc) is 2.82. The molecule has 0 saturated heterocycles. The molecule has 2 aromatic rings. The van der Waals surface area contributed by atoms with Gasteiger partial charge in [0.1, 0.15) is 5.76 Å². The summed E-state index contributed by atoms with van der Waals surface area (Å²) in [5, 5.41) is 9.24. The fourth-order valence-corrected chi connectivity index (χ4v) is 3.16. The number of aromatic nitrogens is 1. The van der Waals surface area contributed by atoms with Crippen molar-refractivity contribution in [2.45, 2.75) is 16.9 Å². The molecule has 0 radical (unpaired) electrons. The van der Waals surface area contributed by atoms with Crippen LogP contribution in [-0.2, 0) is 5.75 Å². The van der Waals surface area contributed by atoms with Crippen molar-refractivity contribution in [3.8, 4) is 0 Å². The van der Waals surface area contributed by atoms with Crippen molar-refractivity contribution in [1.82, 2.24) is 4.98 Å². The van der Waals surface area contributed by atoms with Crippen LogP contribution < -0.4 is 5.73 Å². The van der Waals surface area contributed by atoms with Gasteiger partial charge in [-0.15, -0.1) is 11.8 Å². The van der Waals surface area contributed by atoms with E-state index in [2.05, 4.69) is 4.98 Å². The highest BCUT2D eigenvalue weighted by Crippen LogP contribution is 2.32. The molecule has 0 aliphatic rings. The Morgan fingerprint density at radius 1 is 1.65 bits per heavy atom. The molecule has 0 saturated carbocycles. The quantitative estimate of drug-likeness (QED) is 0.830. The Bertz CT molecular complexity index is 547. The number of carboxylic acid groups (broad SMARTS) is 1. The SMILES string of the molecule is Cc1nc(N)sc1SCc1ccc(C(=O)O)o1. The lowest BCUT2D eigenvalue weighted by Gasteiger charge is -1.95. The van der Waals surface area contributed by atoms with Gasteiger partial charge in [0, 0.05) is 0 Å². The summed E-state index contributed by atoms with van der Waals surface area (Å²) in [7, 11) is 0. The van der Waals surface area contributed by atoms with Gasteiger partial charge in [0.15, 0.2) is 5.13 Å². The molecule has 0 aliphatic heterocycles. The number of anilines is 1. The van der Waals surface area contributed by atoms with Gasteiger partial charge in [-0.1, -0.05) is 11.3 Å². The van der Waals surface area contributed by atoms with E-state index >= 15 is 0 Å². The zero-order valence-corrected chi connectivity index (χ0v) is 10.6. The van der Waals surface area contributed by atoms with Crippen LogP contribution in [0.5, 0.6) is 0 Å². The summed E-state index contributed by atoms with van der Waals surface area (Å²) in [5.41, 5.74) is 6.48. The number of furan rings is 1. The van der Waals surface area contributed by atoms with E-state index in [4.69, 9.17) is 15.3 Å². The predicted octanol–water partition coefficient (Wildman–Crippen LogP) is 2.62. The molecule has 0 fully saturated rings. The Labute approximate surface area is 106 Å². The minimum atomic E-state index is -1.06. The number of hydrogen-bond donors (Lipinski definition) is 2. The van der Waals surface area contributed by atoms with E-state index in [0.717, 1.165) is 9.90 Å². The van der Waals surface area contributed by atoms with Crippen molar-refractivity contribution in [2.24, 2.45) is 0 Å². The summed E-state index contributed by atoms with van der Waals surface area (Å²) in [6.07, 6.45) is 0. The van der Waals surface area contributed by atoms with Crippen molar-refractivity contribution in [2.75, 3.05) is 5.73 Å². The minimum absolute atomic E-state index is 0.0406. The lowest BCUT2D eigenvalue weighted by atomic mass is 10.4. The summed E-state index contributed by atoms with van der Waals surface area (Å²) < 4.78 is 6.17. The number of aryl methyl sites for hydroxylation is 1. The molecular weight excluding hydrogens is 260 g/mol. The maximum atomic E-state index is 10.6. The van der Waals surface area contributed by atoms with Crippen LogP contribution in [-0.4, -0.2) is 16.1 Å². The Kier molecular flexibility index (Phi) is 3.39. The number of rotatable bonds is 4. The molecule has 2 rings (SSSR count). The summed E-state index contributed by atoms with van der Waals surface area (Å²) in [6, 6.07) is 3.11. The van der Waals surface area contributed by atoms with Gasteiger partial charge in [0.2, 0.25) is 5.76 Å². The first kappa shape index (κ1) is 12.0. The second-order valence-electron chi connectivity index (χ2n) is 3.28. The van der Waals surface area contributed by atoms with Crippen LogP contribution >= 0.6 is 23.1 Å². The van der Waals surface area contributed by atoms with Crippen molar-refractivity contribution in [1.29, 1.82) is 0 Å². The van der Waals surface area contributed by atoms with Gasteiger partial charge in [-0.25, -0.2) is 9.78 Å². The number of nitrogens with zero attached hydrogens (tertiary/aromatic N) is 1. The molecule has 0 atom stereocenters. The monoisotopic (exact) mass is 270 g/mol. The highest BCUT2D eigenvalue weighted by Gasteiger charge is 2.11. The molecule has 0 spiro atoms. The van der Waals surface area contributed by atoms with Gasteiger partial charge in [0.25, 0.3) is 0 Å². The van der Waals surface area contributed by atoms with Crippen LogP contribution in [0.4, 0.5) is 5.13 Å². The lowest BCUT2D eigenvalue weighted by molar-refractivity contribution is 0.0661. The number of nitrogen functional groups attached to an aromatic ring is 1. The third-order valence-electron chi connectivity index (χ3n) is 1.99. The van der Waals surface area contributed by atoms with Gasteiger partial charge in [0.05, 0.1) is 15.7 Å². The second kappa shape index (κ2) is 4.80. The summed E-state index contributed by atoms with van der Waals surface area (Å²) in [4.78, 5) is 14.7. The molecule has 7 heteroatoms. The molecule has 0 bridgehead atoms. The van der Waals surface area contributed by atoms with Gasteiger partial charge in [-0.05, 0) is 19.1 Å². The van der Waals surface area contributed by atoms with Crippen molar-refractivity contribution < 1.29 is 14.3 Å². The molecule has 0 aliphatic carbocycles. The maximum Gasteiger partial charge on any atom is 0.371 e. The van der Waals surface area contributed by atoms with Crippen LogP contribution in [0.1, 0.15) is 22.0 Å². The molecule has 2 heterocycles. The van der Waals surface area contributed by atoms with Crippen LogP contribution in [0.2, 0.25) is 0 Å². The minimum Gasteiger partial charge on any atom is -0.475 e. The van der Waals surface area contributed by atoms with Crippen molar-refractivity contribution >= 4 is 34.2 Å². The largest absolute Gasteiger partial charge is 0.475 e. The number of aromatic carboxylic acids is 1. The number of carbonyl (C=O) groups is 1. The molecule has 5 nitrogen and oxygen atoms in total. The molecule has 0 unspecified atom stereocenters. The van der Waals surface area contributed by atoms with Crippen LogP contribution in [0.15, 0.2) is 20.8 Å². The first-order chi connectivity index (χ1) is 8.06. The Morgan fingerprint density at radius 3 is 2.94 bits per heavy atom. The molecule has 17 heavy (non-hydrogen) atoms. The van der Waals surface area contributed by atoms with E-state index in [0.29, 0.717) is 16.6 Å². The van der Waals surface area contributed by atoms with Crippen molar-refractivity contribution in [3.63, 3.8) is 0 Å². The predicted molar refractivity (Wildman–Crippen MR) is 66.5 cm³/mol. The third-order valence-corrected chi connectivity index (χ3v) is 4.36. The molecule has 0 amide bonds. The standard InChI is InChI=1S/C10H10N2O3S2/c1-5-9(17-10(11)12-5)16-4-6-2-3-7(15-6)8(13)14/h2-3H,4H2,1H3,(H2,11,12)(H,13,14). The zero-order chi connectivity index (χ0) is 12.4. The van der Waals surface area contributed by atoms with E-state index in [1.165, 1.54) is 29.2 Å². The van der Waals surface area contributed by atoms with Crippen LogP contribution in [0.3, 0.4) is 0 Å². The fourth-order valence-electron chi connectivity index (χ4n) is 1.24. The summed E-state index contributed by atoms with van der Waals surface area (Å²) >= 11 is 2.95. The number of nitrogens with two attached hydrogens (primary N) is 1. The Hall–Kier alpha value is -1.47. The normalized spacial score (nSPS) is 10.6. The summed E-state index contributed by atoms with van der Waals surface area (Å²) in [6.45, 7) is 1.89. The second-order valence-corrected chi connectivity index (χ2v) is 5.56. The molecule has 3 N–H and O–H groups in total. The van der Waals surface area contributed by atoms with Gasteiger partial charge in [-0.2, -0.15) is 0 Å². The highest BCUT2D eigenvalue weighted by molar-refractivity contribution is 8.00. The van der Waals surface area contributed by atoms with Gasteiger partial charge < -0.3 is 15.3 Å². The topological polar surface area (TPSA) is 89.3 Å². The Balaban J connectivity index is 2.02. The van der Waals surface area contributed by atoms with E-state index < -0.39 is 5.97 Å². The maximum absolute atomic E-state index is 10.6. The smallest absolute Gasteiger partial charge is 0.371 e. The van der Waals surface area contributed by atoms with E-state index in [9.17, 15) is 4.79 Å². The van der Waals surface area contributed by atoms with E-state index in [1.54, 1.807) is 6.07 Å². The third kappa shape index (κ3) is 2.80. The average molecular weight is 270 g/mol. The van der Waals surface area contributed by atoms with Gasteiger partial charge >= 0.3 is 5.97 Å². The van der Waals surface area contributed by atoms with Gasteiger partial charge in [-0.3, -0.25) is 0 Å². The van der Waals surface area contributed by atoms with E-state index in [1.807, 2.05) is 6.92 Å². The zero-order valence-electron chi connectivity index (χ0n) is 8.97. The van der Waals surface area contributed by atoms with Crippen molar-refractivity contribution in [3.05, 3.63) is 29.3 Å². The number of thiazole rings is 1. The number of thioether (sulfide) groups is 1. The molecule has 90 valence electrons. The molecule has 2 aromatic heterocycles. The Morgan fingerprint density at radius 2 is 2.41 bits per heavy atom. The van der Waals surface area contributed by atoms with E-state index in [-0.39, 0.29) is 5.76 Å². The first-order valence-electron chi connectivity index (χ1n) is 4.74.